The SMILES string of the molecule is CC(C)N(C(C)C)P(OCCC#N)O[C@H]1CCN(C)C1. The molecule has 1 aliphatic rings. The Kier molecular flexibility index (Phi) is 7.94. The van der Waals surface area contributed by atoms with Gasteiger partial charge in [-0.2, -0.15) is 5.26 Å². The lowest BCUT2D eigenvalue weighted by atomic mass is 10.3. The third-order valence-electron chi connectivity index (χ3n) is 3.25. The second-order valence-corrected chi connectivity index (χ2v) is 7.23. The van der Waals surface area contributed by atoms with Gasteiger partial charge in [0.2, 0.25) is 0 Å². The van der Waals surface area contributed by atoms with Crippen LogP contribution in [0.4, 0.5) is 0 Å². The van der Waals surface area contributed by atoms with E-state index in [9.17, 15) is 0 Å². The summed E-state index contributed by atoms with van der Waals surface area (Å²) >= 11 is 0. The van der Waals surface area contributed by atoms with E-state index in [0.29, 0.717) is 25.1 Å². The number of hydrogen-bond donors (Lipinski definition) is 0. The fourth-order valence-corrected chi connectivity index (χ4v) is 4.13. The maximum atomic E-state index is 8.67. The fourth-order valence-electron chi connectivity index (χ4n) is 2.40. The Balaban J connectivity index is 2.65. The summed E-state index contributed by atoms with van der Waals surface area (Å²) in [4.78, 5) is 2.28. The van der Waals surface area contributed by atoms with Gasteiger partial charge >= 0.3 is 0 Å². The van der Waals surface area contributed by atoms with E-state index in [1.807, 2.05) is 0 Å². The van der Waals surface area contributed by atoms with Crippen LogP contribution in [0, 0.1) is 11.3 Å². The summed E-state index contributed by atoms with van der Waals surface area (Å²) in [5.74, 6) is 0. The first-order chi connectivity index (χ1) is 9.45. The van der Waals surface area contributed by atoms with Gasteiger partial charge in [0.25, 0.3) is 8.53 Å². The van der Waals surface area contributed by atoms with Crippen molar-refractivity contribution in [3.05, 3.63) is 0 Å². The highest BCUT2D eigenvalue weighted by atomic mass is 31.2. The van der Waals surface area contributed by atoms with Crippen molar-refractivity contribution in [1.29, 1.82) is 5.26 Å². The zero-order valence-corrected chi connectivity index (χ0v) is 14.3. The van der Waals surface area contributed by atoms with Crippen LogP contribution in [-0.4, -0.2) is 54.5 Å². The van der Waals surface area contributed by atoms with E-state index in [1.54, 1.807) is 0 Å². The van der Waals surface area contributed by atoms with Gasteiger partial charge in [0.15, 0.2) is 0 Å². The van der Waals surface area contributed by atoms with Gasteiger partial charge in [0.05, 0.1) is 25.2 Å². The van der Waals surface area contributed by atoms with Crippen LogP contribution in [0.2, 0.25) is 0 Å². The van der Waals surface area contributed by atoms with Crippen LogP contribution >= 0.6 is 8.53 Å². The molecule has 0 aromatic rings. The van der Waals surface area contributed by atoms with Crippen molar-refractivity contribution in [1.82, 2.24) is 9.57 Å². The Bertz CT molecular complexity index is 312. The molecule has 0 saturated carbocycles. The monoisotopic (exact) mass is 301 g/mol. The Hall–Kier alpha value is -0.240. The average molecular weight is 301 g/mol. The molecule has 1 heterocycles. The Morgan fingerprint density at radius 3 is 2.45 bits per heavy atom. The molecular weight excluding hydrogens is 273 g/mol. The lowest BCUT2D eigenvalue weighted by Crippen LogP contribution is -2.35. The molecular formula is C14H28N3O2P. The minimum absolute atomic E-state index is 0.244. The molecule has 0 aromatic heterocycles. The van der Waals surface area contributed by atoms with Gasteiger partial charge in [0, 0.05) is 25.2 Å². The number of likely N-dealkylation sites (N-methyl/N-ethyl adjacent to an activating group) is 1. The van der Waals surface area contributed by atoms with Crippen molar-refractivity contribution in [3.63, 3.8) is 0 Å². The first kappa shape index (κ1) is 17.8. The quantitative estimate of drug-likeness (QED) is 0.509. The van der Waals surface area contributed by atoms with E-state index in [-0.39, 0.29) is 6.10 Å². The predicted octanol–water partition coefficient (Wildman–Crippen LogP) is 2.98. The Morgan fingerprint density at radius 1 is 1.35 bits per heavy atom. The lowest BCUT2D eigenvalue weighted by Gasteiger charge is -2.36. The van der Waals surface area contributed by atoms with E-state index in [2.05, 4.69) is 50.4 Å². The number of rotatable bonds is 8. The minimum Gasteiger partial charge on any atom is -0.321 e. The summed E-state index contributed by atoms with van der Waals surface area (Å²) in [6, 6.07) is 2.85. The summed E-state index contributed by atoms with van der Waals surface area (Å²) in [6.07, 6.45) is 1.71. The van der Waals surface area contributed by atoms with E-state index < -0.39 is 8.53 Å². The molecule has 5 nitrogen and oxygen atoms in total. The molecule has 0 aliphatic carbocycles. The molecule has 0 spiro atoms. The van der Waals surface area contributed by atoms with E-state index >= 15 is 0 Å². The summed E-state index contributed by atoms with van der Waals surface area (Å²) in [6.45, 7) is 11.1. The molecule has 6 heteroatoms. The first-order valence-corrected chi connectivity index (χ1v) is 8.52. The number of nitrogens with zero attached hydrogens (tertiary/aromatic N) is 3. The van der Waals surface area contributed by atoms with Crippen molar-refractivity contribution in [2.45, 2.75) is 58.7 Å². The van der Waals surface area contributed by atoms with Gasteiger partial charge in [0.1, 0.15) is 0 Å². The first-order valence-electron chi connectivity index (χ1n) is 7.39. The molecule has 1 saturated heterocycles. The normalized spacial score (nSPS) is 21.9. The van der Waals surface area contributed by atoms with Crippen LogP contribution < -0.4 is 0 Å². The predicted molar refractivity (Wildman–Crippen MR) is 82.2 cm³/mol. The summed E-state index contributed by atoms with van der Waals surface area (Å²) < 4.78 is 14.4. The smallest absolute Gasteiger partial charge is 0.259 e. The fraction of sp³-hybridized carbons (Fsp3) is 0.929. The molecule has 0 amide bonds. The Labute approximate surface area is 124 Å². The van der Waals surface area contributed by atoms with Crippen LogP contribution in [0.15, 0.2) is 0 Å². The molecule has 1 unspecified atom stereocenters. The van der Waals surface area contributed by atoms with E-state index in [4.69, 9.17) is 14.3 Å². The summed E-state index contributed by atoms with van der Waals surface area (Å²) in [5.41, 5.74) is 0. The highest BCUT2D eigenvalue weighted by Crippen LogP contribution is 2.47. The van der Waals surface area contributed by atoms with Crippen molar-refractivity contribution in [2.75, 3.05) is 26.7 Å². The standard InChI is InChI=1S/C14H28N3O2P/c1-12(2)17(13(3)4)20(18-10-6-8-15)19-14-7-9-16(5)11-14/h12-14H,6-7,9-11H2,1-5H3/t14-,20?/m0/s1. The number of nitriles is 1. The average Bonchev–Trinajstić information content (AvgIpc) is 2.74. The zero-order valence-electron chi connectivity index (χ0n) is 13.4. The van der Waals surface area contributed by atoms with Gasteiger partial charge in [-0.3, -0.25) is 0 Å². The highest BCUT2D eigenvalue weighted by Gasteiger charge is 2.31. The third kappa shape index (κ3) is 5.63. The van der Waals surface area contributed by atoms with Gasteiger partial charge < -0.3 is 13.9 Å². The van der Waals surface area contributed by atoms with E-state index in [1.165, 1.54) is 0 Å². The van der Waals surface area contributed by atoms with Crippen molar-refractivity contribution in [3.8, 4) is 6.07 Å². The molecule has 1 fully saturated rings. The summed E-state index contributed by atoms with van der Waals surface area (Å²) in [7, 11) is 1.03. The molecule has 0 radical (unpaired) electrons. The van der Waals surface area contributed by atoms with Gasteiger partial charge in [-0.05, 0) is 41.2 Å². The molecule has 0 N–H and O–H groups in total. The number of hydrogen-bond acceptors (Lipinski definition) is 5. The maximum absolute atomic E-state index is 8.67. The molecule has 0 bridgehead atoms. The molecule has 1 aliphatic heterocycles. The molecule has 2 atom stereocenters. The number of likely N-dealkylation sites (tertiary alicyclic amines) is 1. The van der Waals surface area contributed by atoms with E-state index in [0.717, 1.165) is 19.5 Å². The van der Waals surface area contributed by atoms with Crippen LogP contribution in [0.3, 0.4) is 0 Å². The highest BCUT2D eigenvalue weighted by molar-refractivity contribution is 7.44. The van der Waals surface area contributed by atoms with Crippen LogP contribution in [0.1, 0.15) is 40.5 Å². The molecule has 20 heavy (non-hydrogen) atoms. The molecule has 116 valence electrons. The van der Waals surface area contributed by atoms with Crippen molar-refractivity contribution >= 4 is 8.53 Å². The van der Waals surface area contributed by atoms with Crippen LogP contribution in [0.5, 0.6) is 0 Å². The van der Waals surface area contributed by atoms with Crippen LogP contribution in [-0.2, 0) is 9.05 Å². The van der Waals surface area contributed by atoms with Crippen LogP contribution in [0.25, 0.3) is 0 Å². The third-order valence-corrected chi connectivity index (χ3v) is 5.43. The van der Waals surface area contributed by atoms with Gasteiger partial charge in [-0.1, -0.05) is 0 Å². The minimum atomic E-state index is -1.09. The van der Waals surface area contributed by atoms with Gasteiger partial charge in [-0.15, -0.1) is 0 Å². The maximum Gasteiger partial charge on any atom is 0.259 e. The molecule has 0 aromatic carbocycles. The Morgan fingerprint density at radius 2 is 2.00 bits per heavy atom. The second kappa shape index (κ2) is 8.92. The topological polar surface area (TPSA) is 48.7 Å². The molecule has 1 rings (SSSR count). The second-order valence-electron chi connectivity index (χ2n) is 5.83. The summed E-state index contributed by atoms with van der Waals surface area (Å²) in [5, 5.41) is 8.67. The van der Waals surface area contributed by atoms with Crippen molar-refractivity contribution < 1.29 is 9.05 Å². The largest absolute Gasteiger partial charge is 0.321 e. The lowest BCUT2D eigenvalue weighted by molar-refractivity contribution is 0.136. The zero-order chi connectivity index (χ0) is 15.1. The van der Waals surface area contributed by atoms with Crippen molar-refractivity contribution in [2.24, 2.45) is 0 Å². The van der Waals surface area contributed by atoms with Gasteiger partial charge in [-0.25, -0.2) is 4.67 Å².